The molecule has 0 aromatic heterocycles. The molecule has 0 bridgehead atoms. The second-order valence-corrected chi connectivity index (χ2v) is 8.14. The van der Waals surface area contributed by atoms with Crippen LogP contribution in [0.3, 0.4) is 0 Å². The van der Waals surface area contributed by atoms with Gasteiger partial charge in [-0.05, 0) is 37.0 Å². The molecule has 0 spiro atoms. The van der Waals surface area contributed by atoms with E-state index in [9.17, 15) is 13.2 Å². The van der Waals surface area contributed by atoms with Gasteiger partial charge in [-0.3, -0.25) is 0 Å². The first-order valence-electron chi connectivity index (χ1n) is 7.58. The molecule has 8 heteroatoms. The van der Waals surface area contributed by atoms with Gasteiger partial charge in [-0.15, -0.1) is 0 Å². The molecule has 1 aliphatic rings. The Hall–Kier alpha value is -1.31. The predicted molar refractivity (Wildman–Crippen MR) is 91.1 cm³/mol. The van der Waals surface area contributed by atoms with Gasteiger partial charge >= 0.3 is 6.03 Å². The molecule has 2 N–H and O–H groups in total. The molecular weight excluding hydrogens is 338 g/mol. The van der Waals surface area contributed by atoms with Crippen LogP contribution in [0.2, 0.25) is 5.02 Å². The minimum atomic E-state index is -3.13. The quantitative estimate of drug-likeness (QED) is 0.838. The molecule has 0 atom stereocenters. The molecule has 1 saturated heterocycles. The standard InChI is InChI=1S/C15H22ClN3O3S/c1-23(21,22)19-9-6-14(7-10-19)18-15(20)17-8-5-12-3-2-4-13(16)11-12/h2-4,11,14H,5-10H2,1H3,(H2,17,18,20). The summed E-state index contributed by atoms with van der Waals surface area (Å²) in [7, 11) is -3.13. The first-order chi connectivity index (χ1) is 10.8. The van der Waals surface area contributed by atoms with Crippen LogP contribution in [0.15, 0.2) is 24.3 Å². The van der Waals surface area contributed by atoms with Gasteiger partial charge in [0.2, 0.25) is 10.0 Å². The van der Waals surface area contributed by atoms with E-state index >= 15 is 0 Å². The number of nitrogens with zero attached hydrogens (tertiary/aromatic N) is 1. The smallest absolute Gasteiger partial charge is 0.315 e. The molecule has 1 fully saturated rings. The number of carbonyl (C=O) groups is 1. The van der Waals surface area contributed by atoms with Crippen molar-refractivity contribution in [1.29, 1.82) is 0 Å². The van der Waals surface area contributed by atoms with Crippen LogP contribution in [0, 0.1) is 0 Å². The zero-order chi connectivity index (χ0) is 16.9. The maximum atomic E-state index is 11.9. The van der Waals surface area contributed by atoms with Crippen molar-refractivity contribution in [1.82, 2.24) is 14.9 Å². The van der Waals surface area contributed by atoms with E-state index in [1.54, 1.807) is 0 Å². The van der Waals surface area contributed by atoms with Crippen molar-refractivity contribution in [3.8, 4) is 0 Å². The lowest BCUT2D eigenvalue weighted by Gasteiger charge is -2.30. The molecule has 1 aromatic rings. The van der Waals surface area contributed by atoms with E-state index in [-0.39, 0.29) is 12.1 Å². The molecule has 128 valence electrons. The predicted octanol–water partition coefficient (Wildman–Crippen LogP) is 1.61. The van der Waals surface area contributed by atoms with Gasteiger partial charge in [0, 0.05) is 30.7 Å². The van der Waals surface area contributed by atoms with Crippen molar-refractivity contribution in [3.05, 3.63) is 34.9 Å². The average Bonchev–Trinajstić information content (AvgIpc) is 2.47. The molecule has 2 rings (SSSR count). The lowest BCUT2D eigenvalue weighted by molar-refractivity contribution is 0.228. The number of benzene rings is 1. The fourth-order valence-electron chi connectivity index (χ4n) is 2.58. The van der Waals surface area contributed by atoms with Crippen molar-refractivity contribution < 1.29 is 13.2 Å². The highest BCUT2D eigenvalue weighted by molar-refractivity contribution is 7.88. The van der Waals surface area contributed by atoms with Crippen molar-refractivity contribution >= 4 is 27.7 Å². The molecule has 0 saturated carbocycles. The lowest BCUT2D eigenvalue weighted by Crippen LogP contribution is -2.49. The van der Waals surface area contributed by atoms with E-state index in [2.05, 4.69) is 10.6 Å². The van der Waals surface area contributed by atoms with E-state index in [0.717, 1.165) is 5.56 Å². The monoisotopic (exact) mass is 359 g/mol. The Morgan fingerprint density at radius 3 is 2.65 bits per heavy atom. The summed E-state index contributed by atoms with van der Waals surface area (Å²) < 4.78 is 24.3. The molecule has 2 amide bonds. The summed E-state index contributed by atoms with van der Waals surface area (Å²) >= 11 is 5.91. The third-order valence-electron chi connectivity index (χ3n) is 3.85. The molecule has 0 radical (unpaired) electrons. The van der Waals surface area contributed by atoms with Gasteiger partial charge in [0.05, 0.1) is 6.26 Å². The minimum absolute atomic E-state index is 0.0131. The third kappa shape index (κ3) is 6.01. The van der Waals surface area contributed by atoms with E-state index in [1.165, 1.54) is 10.6 Å². The molecule has 6 nitrogen and oxygen atoms in total. The zero-order valence-corrected chi connectivity index (χ0v) is 14.7. The Labute approximate surface area is 142 Å². The van der Waals surface area contributed by atoms with Gasteiger partial charge in [-0.2, -0.15) is 0 Å². The molecule has 23 heavy (non-hydrogen) atoms. The summed E-state index contributed by atoms with van der Waals surface area (Å²) in [5.41, 5.74) is 1.07. The van der Waals surface area contributed by atoms with Gasteiger partial charge in [-0.25, -0.2) is 17.5 Å². The van der Waals surface area contributed by atoms with E-state index < -0.39 is 10.0 Å². The summed E-state index contributed by atoms with van der Waals surface area (Å²) in [5.74, 6) is 0. The molecule has 0 aliphatic carbocycles. The number of rotatable bonds is 5. The molecule has 1 aromatic carbocycles. The Morgan fingerprint density at radius 1 is 1.35 bits per heavy atom. The number of halogens is 1. The molecule has 1 heterocycles. The number of sulfonamides is 1. The van der Waals surface area contributed by atoms with Gasteiger partial charge in [0.15, 0.2) is 0 Å². The molecule has 0 unspecified atom stereocenters. The van der Waals surface area contributed by atoms with Crippen molar-refractivity contribution in [2.45, 2.75) is 25.3 Å². The maximum Gasteiger partial charge on any atom is 0.315 e. The normalized spacial score (nSPS) is 17.0. The van der Waals surface area contributed by atoms with Crippen molar-refractivity contribution in [2.24, 2.45) is 0 Å². The summed E-state index contributed by atoms with van der Waals surface area (Å²) in [6.45, 7) is 1.42. The molecule has 1 aliphatic heterocycles. The third-order valence-corrected chi connectivity index (χ3v) is 5.38. The maximum absolute atomic E-state index is 11.9. The second-order valence-electron chi connectivity index (χ2n) is 5.72. The minimum Gasteiger partial charge on any atom is -0.338 e. The first-order valence-corrected chi connectivity index (χ1v) is 9.81. The fraction of sp³-hybridized carbons (Fsp3) is 0.533. The lowest BCUT2D eigenvalue weighted by atomic mass is 10.1. The summed E-state index contributed by atoms with van der Waals surface area (Å²) in [6.07, 6.45) is 3.19. The Kier molecular flexibility index (Phi) is 6.26. The van der Waals surface area contributed by atoms with Crippen molar-refractivity contribution in [3.63, 3.8) is 0 Å². The number of nitrogens with one attached hydrogen (secondary N) is 2. The van der Waals surface area contributed by atoms with Crippen LogP contribution in [0.25, 0.3) is 0 Å². The summed E-state index contributed by atoms with van der Waals surface area (Å²) in [4.78, 5) is 11.9. The first kappa shape index (κ1) is 18.0. The van der Waals surface area contributed by atoms with Gasteiger partial charge in [-0.1, -0.05) is 23.7 Å². The number of hydrogen-bond acceptors (Lipinski definition) is 3. The SMILES string of the molecule is CS(=O)(=O)N1CCC(NC(=O)NCCc2cccc(Cl)c2)CC1. The summed E-state index contributed by atoms with van der Waals surface area (Å²) in [6, 6.07) is 7.33. The highest BCUT2D eigenvalue weighted by Gasteiger charge is 2.25. The second kappa shape index (κ2) is 7.99. The fourth-order valence-corrected chi connectivity index (χ4v) is 3.67. The zero-order valence-electron chi connectivity index (χ0n) is 13.1. The Morgan fingerprint density at radius 2 is 2.04 bits per heavy atom. The highest BCUT2D eigenvalue weighted by atomic mass is 35.5. The number of piperidine rings is 1. The highest BCUT2D eigenvalue weighted by Crippen LogP contribution is 2.13. The van der Waals surface area contributed by atoms with Gasteiger partial charge < -0.3 is 10.6 Å². The van der Waals surface area contributed by atoms with Crippen LogP contribution in [-0.2, 0) is 16.4 Å². The largest absolute Gasteiger partial charge is 0.338 e. The van der Waals surface area contributed by atoms with Gasteiger partial charge in [0.25, 0.3) is 0 Å². The van der Waals surface area contributed by atoms with Crippen LogP contribution in [0.4, 0.5) is 4.79 Å². The number of amides is 2. The Balaban J connectivity index is 1.68. The van der Waals surface area contributed by atoms with E-state index in [4.69, 9.17) is 11.6 Å². The van der Waals surface area contributed by atoms with Crippen molar-refractivity contribution in [2.75, 3.05) is 25.9 Å². The number of urea groups is 1. The van der Waals surface area contributed by atoms with Crippen LogP contribution in [-0.4, -0.2) is 50.7 Å². The van der Waals surface area contributed by atoms with Crippen LogP contribution >= 0.6 is 11.6 Å². The topological polar surface area (TPSA) is 78.5 Å². The Bertz CT molecular complexity index is 643. The number of carbonyl (C=O) groups excluding carboxylic acids is 1. The summed E-state index contributed by atoms with van der Waals surface area (Å²) in [5, 5.41) is 6.39. The molecular formula is C15H22ClN3O3S. The average molecular weight is 360 g/mol. The van der Waals surface area contributed by atoms with Gasteiger partial charge in [0.1, 0.15) is 0 Å². The van der Waals surface area contributed by atoms with Crippen LogP contribution in [0.5, 0.6) is 0 Å². The van der Waals surface area contributed by atoms with Crippen LogP contribution in [0.1, 0.15) is 18.4 Å². The van der Waals surface area contributed by atoms with E-state index in [1.807, 2.05) is 24.3 Å². The van der Waals surface area contributed by atoms with Crippen LogP contribution < -0.4 is 10.6 Å². The number of hydrogen-bond donors (Lipinski definition) is 2. The van der Waals surface area contributed by atoms with E-state index in [0.29, 0.717) is 43.9 Å².